The van der Waals surface area contributed by atoms with Crippen molar-refractivity contribution in [1.29, 1.82) is 0 Å². The Morgan fingerprint density at radius 1 is 1.39 bits per heavy atom. The van der Waals surface area contributed by atoms with E-state index in [1.807, 2.05) is 6.07 Å². The maximum atomic E-state index is 13.0. The first-order chi connectivity index (χ1) is 10.9. The highest BCUT2D eigenvalue weighted by Gasteiger charge is 2.27. The third-order valence-corrected chi connectivity index (χ3v) is 6.58. The van der Waals surface area contributed by atoms with E-state index in [9.17, 15) is 8.42 Å². The number of thiophene rings is 1. The Morgan fingerprint density at radius 2 is 2.13 bits per heavy atom. The molecule has 8 heteroatoms. The lowest BCUT2D eigenvalue weighted by molar-refractivity contribution is 0.394. The van der Waals surface area contributed by atoms with Crippen molar-refractivity contribution in [1.82, 2.24) is 4.31 Å². The third-order valence-electron chi connectivity index (χ3n) is 3.04. The van der Waals surface area contributed by atoms with Crippen molar-refractivity contribution in [2.75, 3.05) is 13.7 Å². The minimum Gasteiger partial charge on any atom is -0.495 e. The molecule has 0 saturated carbocycles. The molecule has 0 unspecified atom stereocenters. The Hall–Kier alpha value is -0.860. The average molecular weight is 437 g/mol. The SMILES string of the molecule is C=CCN(Cc1ccc(Cl)s1)S(=O)(=O)c1cc(Br)ccc1OC. The maximum absolute atomic E-state index is 13.0. The normalized spacial score (nSPS) is 11.7. The van der Waals surface area contributed by atoms with E-state index in [0.717, 1.165) is 4.88 Å². The summed E-state index contributed by atoms with van der Waals surface area (Å²) in [4.78, 5) is 0.966. The second kappa shape index (κ2) is 7.81. The zero-order chi connectivity index (χ0) is 17.0. The van der Waals surface area contributed by atoms with Crippen LogP contribution >= 0.6 is 38.9 Å². The highest BCUT2D eigenvalue weighted by Crippen LogP contribution is 2.31. The van der Waals surface area contributed by atoms with Gasteiger partial charge in [0.15, 0.2) is 0 Å². The smallest absolute Gasteiger partial charge is 0.247 e. The molecule has 1 heterocycles. The molecular formula is C15H15BrClNO3S2. The monoisotopic (exact) mass is 435 g/mol. The number of hydrogen-bond donors (Lipinski definition) is 0. The van der Waals surface area contributed by atoms with Crippen molar-refractivity contribution >= 4 is 48.9 Å². The van der Waals surface area contributed by atoms with Gasteiger partial charge in [0.1, 0.15) is 10.6 Å². The van der Waals surface area contributed by atoms with E-state index in [1.54, 1.807) is 24.3 Å². The first-order valence-electron chi connectivity index (χ1n) is 6.57. The first kappa shape index (κ1) is 18.5. The fraction of sp³-hybridized carbons (Fsp3) is 0.200. The summed E-state index contributed by atoms with van der Waals surface area (Å²) in [7, 11) is -2.30. The molecule has 0 aliphatic carbocycles. The number of sulfonamides is 1. The molecule has 2 aromatic rings. The molecule has 0 radical (unpaired) electrons. The highest BCUT2D eigenvalue weighted by molar-refractivity contribution is 9.10. The molecule has 0 atom stereocenters. The molecule has 124 valence electrons. The standard InChI is InChI=1S/C15H15BrClNO3S2/c1-3-8-18(10-12-5-7-15(17)22-12)23(19,20)14-9-11(16)4-6-13(14)21-2/h3-7,9H,1,8,10H2,2H3. The third kappa shape index (κ3) is 4.36. The summed E-state index contributed by atoms with van der Waals surface area (Å²) in [5, 5.41) is 0. The van der Waals surface area contributed by atoms with Gasteiger partial charge in [-0.25, -0.2) is 8.42 Å². The summed E-state index contributed by atoms with van der Waals surface area (Å²) in [5.74, 6) is 0.298. The van der Waals surface area contributed by atoms with Crippen LogP contribution in [0.25, 0.3) is 0 Å². The van der Waals surface area contributed by atoms with Crippen LogP contribution in [-0.2, 0) is 16.6 Å². The summed E-state index contributed by atoms with van der Waals surface area (Å²) >= 11 is 10.6. The molecule has 0 aliphatic rings. The molecule has 0 spiro atoms. The summed E-state index contributed by atoms with van der Waals surface area (Å²) in [5.41, 5.74) is 0. The molecule has 4 nitrogen and oxygen atoms in total. The van der Waals surface area contributed by atoms with Crippen molar-refractivity contribution in [3.8, 4) is 5.75 Å². The largest absolute Gasteiger partial charge is 0.495 e. The fourth-order valence-corrected chi connectivity index (χ4v) is 5.26. The first-order valence-corrected chi connectivity index (χ1v) is 10.00. The van der Waals surface area contributed by atoms with Crippen molar-refractivity contribution in [3.05, 3.63) is 56.7 Å². The van der Waals surface area contributed by atoms with Gasteiger partial charge < -0.3 is 4.74 Å². The minimum absolute atomic E-state index is 0.110. The van der Waals surface area contributed by atoms with Crippen molar-refractivity contribution < 1.29 is 13.2 Å². The molecular weight excluding hydrogens is 422 g/mol. The highest BCUT2D eigenvalue weighted by atomic mass is 79.9. The zero-order valence-corrected chi connectivity index (χ0v) is 16.3. The van der Waals surface area contributed by atoms with E-state index in [1.165, 1.54) is 28.8 Å². The van der Waals surface area contributed by atoms with Crippen LogP contribution in [0.3, 0.4) is 0 Å². The van der Waals surface area contributed by atoms with E-state index in [4.69, 9.17) is 16.3 Å². The van der Waals surface area contributed by atoms with Gasteiger partial charge >= 0.3 is 0 Å². The second-order valence-corrected chi connectivity index (χ2v) is 9.21. The van der Waals surface area contributed by atoms with Gasteiger partial charge in [-0.15, -0.1) is 17.9 Å². The van der Waals surface area contributed by atoms with Gasteiger partial charge in [0, 0.05) is 22.4 Å². The number of benzene rings is 1. The number of halogens is 2. The number of nitrogens with zero attached hydrogens (tertiary/aromatic N) is 1. The molecule has 0 amide bonds. The van der Waals surface area contributed by atoms with Gasteiger partial charge in [0.25, 0.3) is 0 Å². The molecule has 0 saturated heterocycles. The van der Waals surface area contributed by atoms with Gasteiger partial charge in [-0.05, 0) is 30.3 Å². The molecule has 1 aromatic heterocycles. The molecule has 0 aliphatic heterocycles. The Labute approximate surface area is 153 Å². The van der Waals surface area contributed by atoms with Gasteiger partial charge in [-0.1, -0.05) is 33.6 Å². The van der Waals surface area contributed by atoms with E-state index < -0.39 is 10.0 Å². The fourth-order valence-electron chi connectivity index (χ4n) is 1.99. The Morgan fingerprint density at radius 3 is 2.70 bits per heavy atom. The number of methoxy groups -OCH3 is 1. The quantitative estimate of drug-likeness (QED) is 0.598. The van der Waals surface area contributed by atoms with Gasteiger partial charge in [0.05, 0.1) is 11.4 Å². The predicted octanol–water partition coefficient (Wildman–Crippen LogP) is 4.55. The van der Waals surface area contributed by atoms with Crippen molar-refractivity contribution in [2.45, 2.75) is 11.4 Å². The summed E-state index contributed by atoms with van der Waals surface area (Å²) < 4.78 is 33.8. The molecule has 1 aromatic carbocycles. The van der Waals surface area contributed by atoms with Crippen LogP contribution in [-0.4, -0.2) is 26.4 Å². The van der Waals surface area contributed by atoms with Crippen LogP contribution in [0.2, 0.25) is 4.34 Å². The lowest BCUT2D eigenvalue weighted by Crippen LogP contribution is -2.30. The van der Waals surface area contributed by atoms with Crippen molar-refractivity contribution in [3.63, 3.8) is 0 Å². The lowest BCUT2D eigenvalue weighted by Gasteiger charge is -2.21. The van der Waals surface area contributed by atoms with Crippen LogP contribution in [0.1, 0.15) is 4.88 Å². The molecule has 0 bridgehead atoms. The molecule has 2 rings (SSSR count). The predicted molar refractivity (Wildman–Crippen MR) is 97.8 cm³/mol. The van der Waals surface area contributed by atoms with E-state index >= 15 is 0 Å². The average Bonchev–Trinajstić information content (AvgIpc) is 2.92. The van der Waals surface area contributed by atoms with E-state index in [-0.39, 0.29) is 18.0 Å². The lowest BCUT2D eigenvalue weighted by atomic mass is 10.3. The Balaban J connectivity index is 2.44. The van der Waals surface area contributed by atoms with Gasteiger partial charge in [-0.2, -0.15) is 4.31 Å². The number of hydrogen-bond acceptors (Lipinski definition) is 4. The number of rotatable bonds is 7. The Bertz CT molecular complexity index is 805. The van der Waals surface area contributed by atoms with Crippen LogP contribution in [0.4, 0.5) is 0 Å². The van der Waals surface area contributed by atoms with Crippen LogP contribution in [0, 0.1) is 0 Å². The summed E-state index contributed by atoms with van der Waals surface area (Å²) in [6, 6.07) is 8.45. The van der Waals surface area contributed by atoms with E-state index in [2.05, 4.69) is 22.5 Å². The zero-order valence-electron chi connectivity index (χ0n) is 12.3. The molecule has 0 N–H and O–H groups in total. The number of ether oxygens (including phenoxy) is 1. The Kier molecular flexibility index (Phi) is 6.27. The minimum atomic E-state index is -3.75. The van der Waals surface area contributed by atoms with E-state index in [0.29, 0.717) is 14.6 Å². The van der Waals surface area contributed by atoms with Crippen LogP contribution in [0.15, 0.2) is 52.4 Å². The maximum Gasteiger partial charge on any atom is 0.247 e. The van der Waals surface area contributed by atoms with Crippen molar-refractivity contribution in [2.24, 2.45) is 0 Å². The van der Waals surface area contributed by atoms with Gasteiger partial charge in [0.2, 0.25) is 10.0 Å². The van der Waals surface area contributed by atoms with Gasteiger partial charge in [-0.3, -0.25) is 0 Å². The topological polar surface area (TPSA) is 46.6 Å². The van der Waals surface area contributed by atoms with Crippen LogP contribution in [0.5, 0.6) is 5.75 Å². The summed E-state index contributed by atoms with van der Waals surface area (Å²) in [6.07, 6.45) is 1.55. The summed E-state index contributed by atoms with van der Waals surface area (Å²) in [6.45, 7) is 4.06. The molecule has 0 fully saturated rings. The molecule has 23 heavy (non-hydrogen) atoms. The van der Waals surface area contributed by atoms with Crippen LogP contribution < -0.4 is 4.74 Å². The second-order valence-electron chi connectivity index (χ2n) is 4.59.